The molecule has 0 aliphatic carbocycles. The van der Waals surface area contributed by atoms with Gasteiger partial charge in [-0.15, -0.1) is 0 Å². The Morgan fingerprint density at radius 3 is 2.54 bits per heavy atom. The van der Waals surface area contributed by atoms with Crippen LogP contribution in [0.15, 0.2) is 54.6 Å². The molecule has 146 valence electrons. The second-order valence-electron chi connectivity index (χ2n) is 6.91. The Morgan fingerprint density at radius 1 is 1.14 bits per heavy atom. The van der Waals surface area contributed by atoms with E-state index >= 15 is 0 Å². The second-order valence-corrected chi connectivity index (χ2v) is 7.76. The Kier molecular flexibility index (Phi) is 7.06. The van der Waals surface area contributed by atoms with Gasteiger partial charge in [0.15, 0.2) is 5.11 Å². The zero-order valence-corrected chi connectivity index (χ0v) is 17.4. The third-order valence-electron chi connectivity index (χ3n) is 4.79. The highest BCUT2D eigenvalue weighted by molar-refractivity contribution is 7.80. The minimum atomic E-state index is -0.286. The number of rotatable bonds is 4. The predicted molar refractivity (Wildman–Crippen MR) is 122 cm³/mol. The molecule has 1 fully saturated rings. The molecule has 2 aromatic carbocycles. The summed E-state index contributed by atoms with van der Waals surface area (Å²) in [5.74, 6) is -0.286. The van der Waals surface area contributed by atoms with Gasteiger partial charge in [0.2, 0.25) is 5.91 Å². The van der Waals surface area contributed by atoms with Crippen molar-refractivity contribution in [2.75, 3.05) is 16.8 Å². The van der Waals surface area contributed by atoms with E-state index in [4.69, 9.17) is 23.8 Å². The van der Waals surface area contributed by atoms with Crippen LogP contribution in [0.2, 0.25) is 5.02 Å². The molecule has 1 heterocycles. The van der Waals surface area contributed by atoms with Gasteiger partial charge in [0.05, 0.1) is 0 Å². The third kappa shape index (κ3) is 5.81. The monoisotopic (exact) mass is 413 g/mol. The van der Waals surface area contributed by atoms with E-state index in [0.717, 1.165) is 17.8 Å². The van der Waals surface area contributed by atoms with Gasteiger partial charge in [-0.25, -0.2) is 0 Å². The van der Waals surface area contributed by atoms with Gasteiger partial charge < -0.3 is 10.2 Å². The van der Waals surface area contributed by atoms with E-state index in [1.807, 2.05) is 24.3 Å². The molecule has 0 saturated carbocycles. The Morgan fingerprint density at radius 2 is 1.86 bits per heavy atom. The van der Waals surface area contributed by atoms with E-state index in [2.05, 4.69) is 34.6 Å². The number of halogens is 1. The first-order valence-corrected chi connectivity index (χ1v) is 10.2. The molecule has 1 aliphatic rings. The van der Waals surface area contributed by atoms with Crippen LogP contribution in [-0.2, 0) is 4.79 Å². The lowest BCUT2D eigenvalue weighted by Crippen LogP contribution is -2.37. The summed E-state index contributed by atoms with van der Waals surface area (Å²) in [4.78, 5) is 14.5. The lowest BCUT2D eigenvalue weighted by molar-refractivity contribution is -0.115. The molecule has 6 heteroatoms. The Labute approximate surface area is 176 Å². The van der Waals surface area contributed by atoms with Crippen LogP contribution in [0.3, 0.4) is 0 Å². The maximum atomic E-state index is 12.0. The summed E-state index contributed by atoms with van der Waals surface area (Å²) < 4.78 is 0. The fourth-order valence-corrected chi connectivity index (χ4v) is 3.62. The highest BCUT2D eigenvalue weighted by Gasteiger charge is 2.18. The van der Waals surface area contributed by atoms with Crippen LogP contribution >= 0.6 is 23.8 Å². The van der Waals surface area contributed by atoms with Crippen LogP contribution in [0.25, 0.3) is 6.08 Å². The van der Waals surface area contributed by atoms with Crippen LogP contribution in [0.1, 0.15) is 31.7 Å². The van der Waals surface area contributed by atoms with Gasteiger partial charge in [0.1, 0.15) is 0 Å². The SMILES string of the molecule is CC1CCCCN1c1ccc(NC(=S)NC(=O)/C=C/c2ccc(Cl)cc2)cc1. The molecule has 0 aromatic heterocycles. The van der Waals surface area contributed by atoms with Gasteiger partial charge in [-0.3, -0.25) is 10.1 Å². The first-order chi connectivity index (χ1) is 13.5. The molecule has 1 unspecified atom stereocenters. The fourth-order valence-electron chi connectivity index (χ4n) is 3.28. The van der Waals surface area contributed by atoms with Gasteiger partial charge in [-0.05, 0) is 86.4 Å². The standard InChI is InChI=1S/C22H24ClN3OS/c1-16-4-2-3-15-26(16)20-12-10-19(11-13-20)24-22(28)25-21(27)14-7-17-5-8-18(23)9-6-17/h5-14,16H,2-4,15H2,1H3,(H2,24,25,27,28)/b14-7+. The van der Waals surface area contributed by atoms with E-state index in [0.29, 0.717) is 11.1 Å². The highest BCUT2D eigenvalue weighted by atomic mass is 35.5. The van der Waals surface area contributed by atoms with Gasteiger partial charge in [-0.1, -0.05) is 23.7 Å². The van der Waals surface area contributed by atoms with Crippen molar-refractivity contribution in [3.63, 3.8) is 0 Å². The molecule has 28 heavy (non-hydrogen) atoms. The fraction of sp³-hybridized carbons (Fsp3) is 0.273. The summed E-state index contributed by atoms with van der Waals surface area (Å²) in [6, 6.07) is 16.0. The third-order valence-corrected chi connectivity index (χ3v) is 5.25. The maximum Gasteiger partial charge on any atom is 0.250 e. The summed E-state index contributed by atoms with van der Waals surface area (Å²) in [6.45, 7) is 3.37. The van der Waals surface area contributed by atoms with Crippen molar-refractivity contribution in [3.05, 3.63) is 65.2 Å². The highest BCUT2D eigenvalue weighted by Crippen LogP contribution is 2.25. The molecule has 1 atom stereocenters. The van der Waals surface area contributed by atoms with Crippen LogP contribution < -0.4 is 15.5 Å². The number of nitrogens with zero attached hydrogens (tertiary/aromatic N) is 1. The maximum absolute atomic E-state index is 12.0. The average Bonchev–Trinajstić information content (AvgIpc) is 2.68. The van der Waals surface area contributed by atoms with Crippen molar-refractivity contribution in [2.45, 2.75) is 32.2 Å². The number of carbonyl (C=O) groups is 1. The van der Waals surface area contributed by atoms with Crippen molar-refractivity contribution in [2.24, 2.45) is 0 Å². The minimum absolute atomic E-state index is 0.268. The number of carbonyl (C=O) groups excluding carboxylic acids is 1. The summed E-state index contributed by atoms with van der Waals surface area (Å²) >= 11 is 11.1. The number of piperidine rings is 1. The topological polar surface area (TPSA) is 44.4 Å². The van der Waals surface area contributed by atoms with Crippen molar-refractivity contribution in [1.82, 2.24) is 5.32 Å². The number of amides is 1. The molecule has 4 nitrogen and oxygen atoms in total. The molecule has 0 bridgehead atoms. The molecule has 3 rings (SSSR count). The largest absolute Gasteiger partial charge is 0.369 e. The first-order valence-electron chi connectivity index (χ1n) is 9.43. The molecule has 2 aromatic rings. The van der Waals surface area contributed by atoms with E-state index in [9.17, 15) is 4.79 Å². The lowest BCUT2D eigenvalue weighted by Gasteiger charge is -2.35. The van der Waals surface area contributed by atoms with E-state index in [1.165, 1.54) is 31.0 Å². The molecule has 1 aliphatic heterocycles. The predicted octanol–water partition coefficient (Wildman–Crippen LogP) is 5.25. The van der Waals surface area contributed by atoms with Gasteiger partial charge in [0, 0.05) is 35.1 Å². The summed E-state index contributed by atoms with van der Waals surface area (Å²) in [5.41, 5.74) is 2.96. The van der Waals surface area contributed by atoms with Gasteiger partial charge >= 0.3 is 0 Å². The quantitative estimate of drug-likeness (QED) is 0.531. The molecule has 0 radical (unpaired) electrons. The van der Waals surface area contributed by atoms with Gasteiger partial charge in [-0.2, -0.15) is 0 Å². The van der Waals surface area contributed by atoms with Crippen molar-refractivity contribution in [3.8, 4) is 0 Å². The van der Waals surface area contributed by atoms with Crippen molar-refractivity contribution >= 4 is 52.3 Å². The van der Waals surface area contributed by atoms with Crippen LogP contribution in [0.4, 0.5) is 11.4 Å². The molecule has 1 saturated heterocycles. The van der Waals surface area contributed by atoms with Crippen LogP contribution in [-0.4, -0.2) is 23.6 Å². The molecule has 1 amide bonds. The van der Waals surface area contributed by atoms with Crippen LogP contribution in [0, 0.1) is 0 Å². The van der Waals surface area contributed by atoms with E-state index in [1.54, 1.807) is 18.2 Å². The average molecular weight is 414 g/mol. The zero-order chi connectivity index (χ0) is 19.9. The Hall–Kier alpha value is -2.37. The van der Waals surface area contributed by atoms with E-state index in [-0.39, 0.29) is 11.0 Å². The van der Waals surface area contributed by atoms with Crippen LogP contribution in [0.5, 0.6) is 0 Å². The van der Waals surface area contributed by atoms with Crippen molar-refractivity contribution < 1.29 is 4.79 Å². The smallest absolute Gasteiger partial charge is 0.250 e. The molecular weight excluding hydrogens is 390 g/mol. The number of nitrogens with one attached hydrogen (secondary N) is 2. The van der Waals surface area contributed by atoms with E-state index < -0.39 is 0 Å². The number of thiocarbonyl (C=S) groups is 1. The minimum Gasteiger partial charge on any atom is -0.369 e. The number of benzene rings is 2. The first kappa shape index (κ1) is 20.4. The molecule has 0 spiro atoms. The number of hydrogen-bond acceptors (Lipinski definition) is 3. The summed E-state index contributed by atoms with van der Waals surface area (Å²) in [6.07, 6.45) is 6.93. The Balaban J connectivity index is 1.51. The number of anilines is 2. The second kappa shape index (κ2) is 9.71. The molecule has 2 N–H and O–H groups in total. The Bertz CT molecular complexity index is 849. The summed E-state index contributed by atoms with van der Waals surface area (Å²) in [7, 11) is 0. The van der Waals surface area contributed by atoms with Gasteiger partial charge in [0.25, 0.3) is 0 Å². The lowest BCUT2D eigenvalue weighted by atomic mass is 10.0. The zero-order valence-electron chi connectivity index (χ0n) is 15.8. The normalized spacial score (nSPS) is 16.8. The number of hydrogen-bond donors (Lipinski definition) is 2. The molecular formula is C22H24ClN3OS. The summed E-state index contributed by atoms with van der Waals surface area (Å²) in [5, 5.41) is 6.63. The van der Waals surface area contributed by atoms with Crippen molar-refractivity contribution in [1.29, 1.82) is 0 Å².